The van der Waals surface area contributed by atoms with Gasteiger partial charge in [-0.15, -0.1) is 10.2 Å². The normalized spacial score (nSPS) is 10.8. The van der Waals surface area contributed by atoms with Gasteiger partial charge in [-0.05, 0) is 40.6 Å². The van der Waals surface area contributed by atoms with Crippen LogP contribution in [0.5, 0.6) is 5.75 Å². The fourth-order valence-corrected chi connectivity index (χ4v) is 4.12. The van der Waals surface area contributed by atoms with Gasteiger partial charge in [-0.3, -0.25) is 9.59 Å². The summed E-state index contributed by atoms with van der Waals surface area (Å²) in [4.78, 5) is 24.7. The number of methoxy groups -OCH3 is 1. The average molecular weight is 476 g/mol. The zero-order valence-corrected chi connectivity index (χ0v) is 19.8. The van der Waals surface area contributed by atoms with E-state index in [2.05, 4.69) is 20.8 Å². The lowest BCUT2D eigenvalue weighted by atomic mass is 10.1. The Balaban J connectivity index is 1.26. The maximum atomic E-state index is 12.4. The van der Waals surface area contributed by atoms with E-state index in [9.17, 15) is 9.59 Å². The summed E-state index contributed by atoms with van der Waals surface area (Å²) >= 11 is 1.29. The Morgan fingerprint density at radius 3 is 2.50 bits per heavy atom. The molecular formula is C25H25N5O3S. The molecule has 0 radical (unpaired) electrons. The van der Waals surface area contributed by atoms with Gasteiger partial charge in [-0.25, -0.2) is 0 Å². The van der Waals surface area contributed by atoms with Crippen LogP contribution in [-0.2, 0) is 29.6 Å². The summed E-state index contributed by atoms with van der Waals surface area (Å²) in [5.74, 6) is 1.32. The van der Waals surface area contributed by atoms with E-state index in [0.29, 0.717) is 11.0 Å². The summed E-state index contributed by atoms with van der Waals surface area (Å²) in [7, 11) is 3.42. The van der Waals surface area contributed by atoms with Crippen LogP contribution in [0.15, 0.2) is 71.9 Å². The summed E-state index contributed by atoms with van der Waals surface area (Å²) in [5, 5.41) is 16.9. The summed E-state index contributed by atoms with van der Waals surface area (Å²) in [6.45, 7) is 0.252. The number of nitrogens with zero attached hydrogens (tertiary/aromatic N) is 3. The van der Waals surface area contributed by atoms with Gasteiger partial charge in [0.05, 0.1) is 25.8 Å². The molecule has 1 aromatic heterocycles. The number of rotatable bonds is 9. The van der Waals surface area contributed by atoms with Crippen molar-refractivity contribution in [2.75, 3.05) is 18.2 Å². The summed E-state index contributed by atoms with van der Waals surface area (Å²) in [6.07, 6.45) is 0.262. The van der Waals surface area contributed by atoms with E-state index in [1.165, 1.54) is 11.8 Å². The standard InChI is InChI=1S/C25H25N5O3S/c1-30-22(15-26-23(31)13-17-7-11-21(33-2)12-8-17)28-29-25(30)34-16-24(32)27-20-10-9-18-5-3-4-6-19(18)14-20/h3-12,14H,13,15-16H2,1-2H3,(H,26,31)(H,27,32). The summed E-state index contributed by atoms with van der Waals surface area (Å²) in [6, 6.07) is 21.2. The van der Waals surface area contributed by atoms with Crippen LogP contribution in [0, 0.1) is 0 Å². The highest BCUT2D eigenvalue weighted by Gasteiger charge is 2.13. The van der Waals surface area contributed by atoms with Gasteiger partial charge in [0.1, 0.15) is 5.75 Å². The molecule has 174 valence electrons. The first-order valence-corrected chi connectivity index (χ1v) is 11.7. The van der Waals surface area contributed by atoms with Crippen molar-refractivity contribution in [2.24, 2.45) is 7.05 Å². The number of hydrogen-bond acceptors (Lipinski definition) is 6. The highest BCUT2D eigenvalue weighted by molar-refractivity contribution is 7.99. The minimum atomic E-state index is -0.127. The number of carbonyl (C=O) groups is 2. The maximum absolute atomic E-state index is 12.4. The third kappa shape index (κ3) is 5.93. The molecule has 0 fully saturated rings. The Hall–Kier alpha value is -3.85. The average Bonchev–Trinajstić information content (AvgIpc) is 3.21. The molecule has 0 spiro atoms. The van der Waals surface area contributed by atoms with E-state index in [1.54, 1.807) is 11.7 Å². The number of benzene rings is 3. The lowest BCUT2D eigenvalue weighted by Gasteiger charge is -2.08. The van der Waals surface area contributed by atoms with Crippen molar-refractivity contribution in [2.45, 2.75) is 18.1 Å². The first kappa shape index (κ1) is 23.3. The van der Waals surface area contributed by atoms with E-state index in [0.717, 1.165) is 27.8 Å². The molecular weight excluding hydrogens is 450 g/mol. The molecule has 0 saturated carbocycles. The Kier molecular flexibility index (Phi) is 7.44. The molecule has 9 heteroatoms. The summed E-state index contributed by atoms with van der Waals surface area (Å²) < 4.78 is 6.91. The molecule has 4 aromatic rings. The molecule has 3 aromatic carbocycles. The van der Waals surface area contributed by atoms with E-state index < -0.39 is 0 Å². The van der Waals surface area contributed by atoms with Crippen LogP contribution in [0.25, 0.3) is 10.8 Å². The first-order valence-electron chi connectivity index (χ1n) is 10.7. The number of anilines is 1. The number of nitrogens with one attached hydrogen (secondary N) is 2. The molecule has 2 amide bonds. The molecule has 0 aliphatic heterocycles. The SMILES string of the molecule is COc1ccc(CC(=O)NCc2nnc(SCC(=O)Nc3ccc4ccccc4c3)n2C)cc1. The predicted molar refractivity (Wildman–Crippen MR) is 133 cm³/mol. The molecule has 2 N–H and O–H groups in total. The van der Waals surface area contributed by atoms with Crippen molar-refractivity contribution < 1.29 is 14.3 Å². The van der Waals surface area contributed by atoms with E-state index in [-0.39, 0.29) is 30.5 Å². The van der Waals surface area contributed by atoms with Crippen LogP contribution >= 0.6 is 11.8 Å². The fourth-order valence-electron chi connectivity index (χ4n) is 3.39. The third-order valence-electron chi connectivity index (χ3n) is 5.26. The van der Waals surface area contributed by atoms with Crippen molar-refractivity contribution in [1.29, 1.82) is 0 Å². The Morgan fingerprint density at radius 1 is 0.971 bits per heavy atom. The maximum Gasteiger partial charge on any atom is 0.234 e. The van der Waals surface area contributed by atoms with Crippen molar-refractivity contribution in [3.8, 4) is 5.75 Å². The Morgan fingerprint density at radius 2 is 1.74 bits per heavy atom. The van der Waals surface area contributed by atoms with Crippen LogP contribution in [0.1, 0.15) is 11.4 Å². The summed E-state index contributed by atoms with van der Waals surface area (Å²) in [5.41, 5.74) is 1.65. The van der Waals surface area contributed by atoms with Crippen molar-refractivity contribution >= 4 is 40.0 Å². The van der Waals surface area contributed by atoms with Crippen LogP contribution in [0.4, 0.5) is 5.69 Å². The Bertz CT molecular complexity index is 1300. The lowest BCUT2D eigenvalue weighted by Crippen LogP contribution is -2.26. The van der Waals surface area contributed by atoms with Crippen LogP contribution < -0.4 is 15.4 Å². The van der Waals surface area contributed by atoms with Crippen molar-refractivity contribution in [3.05, 3.63) is 78.1 Å². The quantitative estimate of drug-likeness (QED) is 0.359. The lowest BCUT2D eigenvalue weighted by molar-refractivity contribution is -0.120. The molecule has 1 heterocycles. The number of hydrogen-bond donors (Lipinski definition) is 2. The first-order chi connectivity index (χ1) is 16.5. The van der Waals surface area contributed by atoms with Gasteiger partial charge >= 0.3 is 0 Å². The third-order valence-corrected chi connectivity index (χ3v) is 6.28. The second kappa shape index (κ2) is 10.8. The highest BCUT2D eigenvalue weighted by atomic mass is 32.2. The molecule has 0 saturated heterocycles. The van der Waals surface area contributed by atoms with Gasteiger partial charge in [-0.1, -0.05) is 54.2 Å². The van der Waals surface area contributed by atoms with Crippen LogP contribution in [0.2, 0.25) is 0 Å². The highest BCUT2D eigenvalue weighted by Crippen LogP contribution is 2.20. The minimum absolute atomic E-state index is 0.114. The van der Waals surface area contributed by atoms with Crippen LogP contribution in [-0.4, -0.2) is 39.4 Å². The Labute approximate surface area is 201 Å². The van der Waals surface area contributed by atoms with Gasteiger partial charge in [0.25, 0.3) is 0 Å². The molecule has 34 heavy (non-hydrogen) atoms. The molecule has 8 nitrogen and oxygen atoms in total. The van der Waals surface area contributed by atoms with Crippen molar-refractivity contribution in [3.63, 3.8) is 0 Å². The van der Waals surface area contributed by atoms with Gasteiger partial charge in [0, 0.05) is 12.7 Å². The minimum Gasteiger partial charge on any atom is -0.497 e. The number of carbonyl (C=O) groups excluding carboxylic acids is 2. The zero-order chi connectivity index (χ0) is 23.9. The smallest absolute Gasteiger partial charge is 0.234 e. The molecule has 0 aliphatic carbocycles. The largest absolute Gasteiger partial charge is 0.497 e. The number of ether oxygens (including phenoxy) is 1. The molecule has 4 rings (SSSR count). The number of fused-ring (bicyclic) bond motifs is 1. The van der Waals surface area contributed by atoms with Gasteiger partial charge in [0.2, 0.25) is 11.8 Å². The second-order valence-electron chi connectivity index (χ2n) is 7.66. The molecule has 0 unspecified atom stereocenters. The topological polar surface area (TPSA) is 98.1 Å². The van der Waals surface area contributed by atoms with Gasteiger partial charge < -0.3 is 19.9 Å². The van der Waals surface area contributed by atoms with Crippen molar-refractivity contribution in [1.82, 2.24) is 20.1 Å². The molecule has 0 bridgehead atoms. The fraction of sp³-hybridized carbons (Fsp3) is 0.200. The van der Waals surface area contributed by atoms with Gasteiger partial charge in [0.15, 0.2) is 11.0 Å². The second-order valence-corrected chi connectivity index (χ2v) is 8.60. The predicted octanol–water partition coefficient (Wildman–Crippen LogP) is 3.57. The van der Waals surface area contributed by atoms with Gasteiger partial charge in [-0.2, -0.15) is 0 Å². The molecule has 0 atom stereocenters. The van der Waals surface area contributed by atoms with E-state index >= 15 is 0 Å². The number of thioether (sulfide) groups is 1. The number of amides is 2. The van der Waals surface area contributed by atoms with E-state index in [4.69, 9.17) is 4.74 Å². The number of aromatic nitrogens is 3. The van der Waals surface area contributed by atoms with E-state index in [1.807, 2.05) is 73.8 Å². The monoisotopic (exact) mass is 475 g/mol. The zero-order valence-electron chi connectivity index (χ0n) is 18.9. The van der Waals surface area contributed by atoms with Crippen LogP contribution in [0.3, 0.4) is 0 Å². The molecule has 0 aliphatic rings.